The monoisotopic (exact) mass is 276 g/mol. The van der Waals surface area contributed by atoms with E-state index in [2.05, 4.69) is 5.43 Å². The Morgan fingerprint density at radius 3 is 2.53 bits per heavy atom. The number of rotatable bonds is 4. The van der Waals surface area contributed by atoms with Gasteiger partial charge in [-0.2, -0.15) is 0 Å². The van der Waals surface area contributed by atoms with Gasteiger partial charge in [-0.3, -0.25) is 5.84 Å². The number of hydrazine groups is 1. The second-order valence-corrected chi connectivity index (χ2v) is 4.77. The standard InChI is InChI=1S/C15H17ClN2O/c1-10-7-8-11(13(16)9-10)15(18-17)12-5-3-4-6-14(12)19-2/h3-9,15,18H,17H2,1-2H3. The summed E-state index contributed by atoms with van der Waals surface area (Å²) in [6.07, 6.45) is 0. The first-order valence-corrected chi connectivity index (χ1v) is 6.40. The maximum atomic E-state index is 6.31. The summed E-state index contributed by atoms with van der Waals surface area (Å²) in [5.41, 5.74) is 5.81. The number of nitrogens with one attached hydrogen (secondary N) is 1. The zero-order chi connectivity index (χ0) is 13.8. The molecule has 0 aromatic heterocycles. The van der Waals surface area contributed by atoms with E-state index in [9.17, 15) is 0 Å². The SMILES string of the molecule is COc1ccccc1C(NN)c1ccc(C)cc1Cl. The molecule has 1 atom stereocenters. The fourth-order valence-electron chi connectivity index (χ4n) is 2.12. The Balaban J connectivity index is 2.50. The van der Waals surface area contributed by atoms with Crippen LogP contribution >= 0.6 is 11.6 Å². The summed E-state index contributed by atoms with van der Waals surface area (Å²) in [5, 5.41) is 0.689. The Kier molecular flexibility index (Phi) is 4.43. The topological polar surface area (TPSA) is 47.3 Å². The van der Waals surface area contributed by atoms with Crippen molar-refractivity contribution >= 4 is 11.6 Å². The molecule has 3 N–H and O–H groups in total. The van der Waals surface area contributed by atoms with Gasteiger partial charge in [0.1, 0.15) is 5.75 Å². The Morgan fingerprint density at radius 1 is 1.16 bits per heavy atom. The van der Waals surface area contributed by atoms with Crippen LogP contribution in [-0.2, 0) is 0 Å². The van der Waals surface area contributed by atoms with E-state index >= 15 is 0 Å². The zero-order valence-electron chi connectivity index (χ0n) is 11.0. The van der Waals surface area contributed by atoms with Gasteiger partial charge in [-0.1, -0.05) is 41.9 Å². The summed E-state index contributed by atoms with van der Waals surface area (Å²) in [5.74, 6) is 6.48. The molecular weight excluding hydrogens is 260 g/mol. The van der Waals surface area contributed by atoms with E-state index in [1.165, 1.54) is 0 Å². The number of hydrogen-bond donors (Lipinski definition) is 2. The van der Waals surface area contributed by atoms with Crippen molar-refractivity contribution in [1.82, 2.24) is 5.43 Å². The fourth-order valence-corrected chi connectivity index (χ4v) is 2.46. The van der Waals surface area contributed by atoms with Crippen molar-refractivity contribution in [1.29, 1.82) is 0 Å². The van der Waals surface area contributed by atoms with Crippen LogP contribution in [0.3, 0.4) is 0 Å². The molecule has 100 valence electrons. The third-order valence-corrected chi connectivity index (χ3v) is 3.41. The highest BCUT2D eigenvalue weighted by Crippen LogP contribution is 2.33. The summed E-state index contributed by atoms with van der Waals surface area (Å²) >= 11 is 6.31. The largest absolute Gasteiger partial charge is 0.496 e. The molecular formula is C15H17ClN2O. The molecule has 2 rings (SSSR count). The highest BCUT2D eigenvalue weighted by Gasteiger charge is 2.18. The molecule has 2 aromatic rings. The van der Waals surface area contributed by atoms with Gasteiger partial charge in [-0.05, 0) is 30.2 Å². The van der Waals surface area contributed by atoms with Gasteiger partial charge in [0.2, 0.25) is 0 Å². The molecule has 1 unspecified atom stereocenters. The minimum absolute atomic E-state index is 0.204. The van der Waals surface area contributed by atoms with E-state index in [0.717, 1.165) is 22.4 Å². The number of hydrogen-bond acceptors (Lipinski definition) is 3. The van der Waals surface area contributed by atoms with Crippen LogP contribution in [0, 0.1) is 6.92 Å². The van der Waals surface area contributed by atoms with Crippen molar-refractivity contribution in [2.45, 2.75) is 13.0 Å². The molecule has 2 aromatic carbocycles. The predicted octanol–water partition coefficient (Wildman–Crippen LogP) is 3.21. The van der Waals surface area contributed by atoms with Crippen LogP contribution in [0.5, 0.6) is 5.75 Å². The van der Waals surface area contributed by atoms with Crippen molar-refractivity contribution in [2.75, 3.05) is 7.11 Å². The maximum Gasteiger partial charge on any atom is 0.124 e. The van der Waals surface area contributed by atoms with Crippen LogP contribution in [0.4, 0.5) is 0 Å². The molecule has 0 radical (unpaired) electrons. The number of benzene rings is 2. The Hall–Kier alpha value is -1.55. The van der Waals surface area contributed by atoms with Gasteiger partial charge in [-0.15, -0.1) is 0 Å². The van der Waals surface area contributed by atoms with Crippen LogP contribution in [0.1, 0.15) is 22.7 Å². The number of ether oxygens (including phenoxy) is 1. The second-order valence-electron chi connectivity index (χ2n) is 4.37. The number of methoxy groups -OCH3 is 1. The normalized spacial score (nSPS) is 12.2. The molecule has 0 aliphatic carbocycles. The van der Waals surface area contributed by atoms with E-state index in [-0.39, 0.29) is 6.04 Å². The van der Waals surface area contributed by atoms with E-state index in [1.54, 1.807) is 7.11 Å². The van der Waals surface area contributed by atoms with Crippen LogP contribution in [-0.4, -0.2) is 7.11 Å². The van der Waals surface area contributed by atoms with Gasteiger partial charge >= 0.3 is 0 Å². The van der Waals surface area contributed by atoms with E-state index < -0.39 is 0 Å². The first-order valence-electron chi connectivity index (χ1n) is 6.02. The van der Waals surface area contributed by atoms with Crippen molar-refractivity contribution in [2.24, 2.45) is 5.84 Å². The molecule has 0 aliphatic heterocycles. The molecule has 0 saturated carbocycles. The van der Waals surface area contributed by atoms with Crippen molar-refractivity contribution < 1.29 is 4.74 Å². The van der Waals surface area contributed by atoms with E-state index in [1.807, 2.05) is 49.4 Å². The van der Waals surface area contributed by atoms with Crippen LogP contribution in [0.15, 0.2) is 42.5 Å². The molecule has 4 heteroatoms. The molecule has 0 heterocycles. The number of aryl methyl sites for hydroxylation is 1. The predicted molar refractivity (Wildman–Crippen MR) is 78.3 cm³/mol. The highest BCUT2D eigenvalue weighted by molar-refractivity contribution is 6.31. The van der Waals surface area contributed by atoms with E-state index in [4.69, 9.17) is 22.2 Å². The minimum atomic E-state index is -0.204. The van der Waals surface area contributed by atoms with Gasteiger partial charge in [0, 0.05) is 10.6 Å². The minimum Gasteiger partial charge on any atom is -0.496 e. The van der Waals surface area contributed by atoms with Crippen molar-refractivity contribution in [3.8, 4) is 5.75 Å². The third-order valence-electron chi connectivity index (χ3n) is 3.08. The van der Waals surface area contributed by atoms with Crippen molar-refractivity contribution in [3.05, 3.63) is 64.2 Å². The Bertz CT molecular complexity index is 572. The lowest BCUT2D eigenvalue weighted by Crippen LogP contribution is -2.29. The molecule has 3 nitrogen and oxygen atoms in total. The lowest BCUT2D eigenvalue weighted by molar-refractivity contribution is 0.404. The first-order chi connectivity index (χ1) is 9.17. The molecule has 0 spiro atoms. The number of halogens is 1. The average Bonchev–Trinajstić information content (AvgIpc) is 2.42. The molecule has 0 bridgehead atoms. The van der Waals surface area contributed by atoms with E-state index in [0.29, 0.717) is 5.02 Å². The fraction of sp³-hybridized carbons (Fsp3) is 0.200. The van der Waals surface area contributed by atoms with Crippen molar-refractivity contribution in [3.63, 3.8) is 0 Å². The smallest absolute Gasteiger partial charge is 0.124 e. The molecule has 0 saturated heterocycles. The quantitative estimate of drug-likeness (QED) is 0.666. The van der Waals surface area contributed by atoms with Gasteiger partial charge in [0.15, 0.2) is 0 Å². The lowest BCUT2D eigenvalue weighted by Gasteiger charge is -2.20. The van der Waals surface area contributed by atoms with Crippen LogP contribution in [0.25, 0.3) is 0 Å². The van der Waals surface area contributed by atoms with Crippen LogP contribution in [0.2, 0.25) is 5.02 Å². The molecule has 0 amide bonds. The van der Waals surface area contributed by atoms with Gasteiger partial charge < -0.3 is 4.74 Å². The summed E-state index contributed by atoms with van der Waals surface area (Å²) in [7, 11) is 1.64. The summed E-state index contributed by atoms with van der Waals surface area (Å²) in [6, 6.07) is 13.5. The number of nitrogens with two attached hydrogens (primary N) is 1. The lowest BCUT2D eigenvalue weighted by atomic mass is 9.97. The average molecular weight is 277 g/mol. The summed E-state index contributed by atoms with van der Waals surface area (Å²) in [4.78, 5) is 0. The molecule has 0 fully saturated rings. The molecule has 19 heavy (non-hydrogen) atoms. The third kappa shape index (κ3) is 2.89. The maximum absolute atomic E-state index is 6.31. The number of para-hydroxylation sites is 1. The Labute approximate surface area is 118 Å². The van der Waals surface area contributed by atoms with Gasteiger partial charge in [0.05, 0.1) is 13.2 Å². The summed E-state index contributed by atoms with van der Waals surface area (Å²) in [6.45, 7) is 2.00. The summed E-state index contributed by atoms with van der Waals surface area (Å²) < 4.78 is 5.37. The van der Waals surface area contributed by atoms with Crippen LogP contribution < -0.4 is 16.0 Å². The zero-order valence-corrected chi connectivity index (χ0v) is 11.7. The molecule has 0 aliphatic rings. The van der Waals surface area contributed by atoms with Gasteiger partial charge in [0.25, 0.3) is 0 Å². The first kappa shape index (κ1) is 13.9. The highest BCUT2D eigenvalue weighted by atomic mass is 35.5. The van der Waals surface area contributed by atoms with Gasteiger partial charge in [-0.25, -0.2) is 5.43 Å². The second kappa shape index (κ2) is 6.06. The Morgan fingerprint density at radius 2 is 1.89 bits per heavy atom.